The van der Waals surface area contributed by atoms with Crippen molar-refractivity contribution in [2.75, 3.05) is 30.7 Å². The minimum atomic E-state index is 0.302. The van der Waals surface area contributed by atoms with Gasteiger partial charge in [0.25, 0.3) is 0 Å². The van der Waals surface area contributed by atoms with Crippen molar-refractivity contribution in [3.05, 3.63) is 11.3 Å². The van der Waals surface area contributed by atoms with Gasteiger partial charge in [-0.3, -0.25) is 0 Å². The van der Waals surface area contributed by atoms with Crippen LogP contribution in [0.5, 0.6) is 0 Å². The highest BCUT2D eigenvalue weighted by Gasteiger charge is 2.48. The van der Waals surface area contributed by atoms with Gasteiger partial charge < -0.3 is 16.0 Å². The molecule has 3 aliphatic carbocycles. The van der Waals surface area contributed by atoms with Crippen LogP contribution in [0.15, 0.2) is 0 Å². The zero-order valence-corrected chi connectivity index (χ0v) is 15.7. The molecule has 5 heteroatoms. The van der Waals surface area contributed by atoms with E-state index in [1.807, 2.05) is 0 Å². The van der Waals surface area contributed by atoms with Gasteiger partial charge in [0.2, 0.25) is 5.95 Å². The molecule has 4 heterocycles. The summed E-state index contributed by atoms with van der Waals surface area (Å²) in [6.07, 6.45) is 11.8. The summed E-state index contributed by atoms with van der Waals surface area (Å²) in [5, 5.41) is 3.94. The normalized spacial score (nSPS) is 39.3. The van der Waals surface area contributed by atoms with Crippen LogP contribution < -0.4 is 11.1 Å². The standard InChI is InChI=1S/C21H31N5/c22-20-24-18-16(4-3-7-21(18)5-1-2-6-21)19(25-20)23-17-14-8-13-9-15(17)12-26(10-13)11-14/h13-15,17H,1-12H2,(H3,22,23,24,25). The number of nitrogen functional groups attached to an aromatic ring is 1. The van der Waals surface area contributed by atoms with Crippen molar-refractivity contribution in [2.45, 2.75) is 69.2 Å². The van der Waals surface area contributed by atoms with E-state index in [4.69, 9.17) is 15.7 Å². The third kappa shape index (κ3) is 2.25. The first-order chi connectivity index (χ1) is 12.7. The number of nitrogens with zero attached hydrogens (tertiary/aromatic N) is 3. The van der Waals surface area contributed by atoms with E-state index in [-0.39, 0.29) is 0 Å². The van der Waals surface area contributed by atoms with Gasteiger partial charge in [-0.15, -0.1) is 0 Å². The highest BCUT2D eigenvalue weighted by Crippen LogP contribution is 2.50. The maximum Gasteiger partial charge on any atom is 0.222 e. The van der Waals surface area contributed by atoms with Crippen LogP contribution in [0.4, 0.5) is 11.8 Å². The molecule has 7 rings (SSSR count). The molecule has 1 spiro atoms. The van der Waals surface area contributed by atoms with E-state index in [0.717, 1.165) is 30.0 Å². The lowest BCUT2D eigenvalue weighted by molar-refractivity contribution is -0.0270. The number of anilines is 2. The first-order valence-corrected chi connectivity index (χ1v) is 10.9. The van der Waals surface area contributed by atoms with Crippen molar-refractivity contribution < 1.29 is 0 Å². The Kier molecular flexibility index (Phi) is 3.36. The number of aromatic nitrogens is 2. The predicted molar refractivity (Wildman–Crippen MR) is 103 cm³/mol. The van der Waals surface area contributed by atoms with E-state index in [0.29, 0.717) is 17.4 Å². The van der Waals surface area contributed by atoms with E-state index in [1.54, 1.807) is 0 Å². The van der Waals surface area contributed by atoms with Crippen molar-refractivity contribution in [1.82, 2.24) is 14.9 Å². The average molecular weight is 354 g/mol. The van der Waals surface area contributed by atoms with Gasteiger partial charge in [-0.2, -0.15) is 4.98 Å². The van der Waals surface area contributed by atoms with Crippen molar-refractivity contribution in [2.24, 2.45) is 17.8 Å². The molecule has 4 bridgehead atoms. The Morgan fingerprint density at radius 1 is 0.962 bits per heavy atom. The van der Waals surface area contributed by atoms with Crippen LogP contribution in [0.3, 0.4) is 0 Å². The molecule has 0 amide bonds. The van der Waals surface area contributed by atoms with Crippen LogP contribution in [-0.4, -0.2) is 40.5 Å². The summed E-state index contributed by atoms with van der Waals surface area (Å²) < 4.78 is 0. The number of piperidine rings is 3. The van der Waals surface area contributed by atoms with Crippen LogP contribution in [0, 0.1) is 17.8 Å². The molecule has 2 saturated carbocycles. The summed E-state index contributed by atoms with van der Waals surface area (Å²) in [6, 6.07) is 0.586. The van der Waals surface area contributed by atoms with Crippen molar-refractivity contribution in [1.29, 1.82) is 0 Å². The van der Waals surface area contributed by atoms with Gasteiger partial charge in [-0.05, 0) is 62.7 Å². The van der Waals surface area contributed by atoms with Crippen molar-refractivity contribution in [3.8, 4) is 0 Å². The Balaban J connectivity index is 1.36. The minimum absolute atomic E-state index is 0.302. The summed E-state index contributed by atoms with van der Waals surface area (Å²) in [5.41, 5.74) is 9.23. The highest BCUT2D eigenvalue weighted by molar-refractivity contribution is 5.54. The molecule has 0 aromatic carbocycles. The molecular weight excluding hydrogens is 322 g/mol. The molecule has 1 aromatic rings. The lowest BCUT2D eigenvalue weighted by Crippen LogP contribution is -2.62. The minimum Gasteiger partial charge on any atom is -0.368 e. The van der Waals surface area contributed by atoms with Crippen LogP contribution in [0.1, 0.15) is 62.6 Å². The lowest BCUT2D eigenvalue weighted by Gasteiger charge is -2.56. The van der Waals surface area contributed by atoms with E-state index in [2.05, 4.69) is 10.2 Å². The largest absolute Gasteiger partial charge is 0.368 e. The molecule has 1 aromatic heterocycles. The van der Waals surface area contributed by atoms with Gasteiger partial charge >= 0.3 is 0 Å². The first kappa shape index (κ1) is 15.7. The van der Waals surface area contributed by atoms with Gasteiger partial charge in [0.1, 0.15) is 5.82 Å². The number of nitrogens with one attached hydrogen (secondary N) is 1. The van der Waals surface area contributed by atoms with Crippen molar-refractivity contribution >= 4 is 11.8 Å². The summed E-state index contributed by atoms with van der Waals surface area (Å²) in [6.45, 7) is 3.90. The predicted octanol–water partition coefficient (Wildman–Crippen LogP) is 2.96. The summed E-state index contributed by atoms with van der Waals surface area (Å²) >= 11 is 0. The molecule has 0 radical (unpaired) electrons. The molecule has 3 saturated heterocycles. The monoisotopic (exact) mass is 353 g/mol. The van der Waals surface area contributed by atoms with Gasteiger partial charge in [0.15, 0.2) is 0 Å². The van der Waals surface area contributed by atoms with Gasteiger partial charge in [0.05, 0.1) is 5.69 Å². The number of fused-ring (bicyclic) bond motifs is 2. The second kappa shape index (κ2) is 5.57. The molecule has 2 unspecified atom stereocenters. The summed E-state index contributed by atoms with van der Waals surface area (Å²) in [5.74, 6) is 4.09. The van der Waals surface area contributed by atoms with Gasteiger partial charge in [-0.1, -0.05) is 12.8 Å². The smallest absolute Gasteiger partial charge is 0.222 e. The Bertz CT molecular complexity index is 695. The van der Waals surface area contributed by atoms with Crippen LogP contribution >= 0.6 is 0 Å². The highest BCUT2D eigenvalue weighted by atomic mass is 15.2. The molecule has 3 aliphatic heterocycles. The van der Waals surface area contributed by atoms with Crippen LogP contribution in [-0.2, 0) is 11.8 Å². The van der Waals surface area contributed by atoms with E-state index < -0.39 is 0 Å². The average Bonchev–Trinajstić information content (AvgIpc) is 3.07. The fraction of sp³-hybridized carbons (Fsp3) is 0.810. The maximum atomic E-state index is 6.21. The zero-order chi connectivity index (χ0) is 17.3. The molecule has 140 valence electrons. The van der Waals surface area contributed by atoms with Crippen LogP contribution in [0.2, 0.25) is 0 Å². The van der Waals surface area contributed by atoms with E-state index >= 15 is 0 Å². The Labute approximate surface area is 156 Å². The Morgan fingerprint density at radius 2 is 1.69 bits per heavy atom. The third-order valence-corrected chi connectivity index (χ3v) is 8.26. The fourth-order valence-corrected chi connectivity index (χ4v) is 7.36. The van der Waals surface area contributed by atoms with Gasteiger partial charge in [0, 0.05) is 36.7 Å². The second-order valence-corrected chi connectivity index (χ2v) is 9.84. The Hall–Kier alpha value is -1.36. The number of hydrogen-bond donors (Lipinski definition) is 2. The quantitative estimate of drug-likeness (QED) is 0.856. The zero-order valence-electron chi connectivity index (χ0n) is 15.7. The molecule has 2 atom stereocenters. The topological polar surface area (TPSA) is 67.1 Å². The molecule has 6 aliphatic rings. The van der Waals surface area contributed by atoms with E-state index in [1.165, 1.54) is 82.3 Å². The molecule has 3 N–H and O–H groups in total. The number of rotatable bonds is 2. The SMILES string of the molecule is Nc1nc(NC2C3CC4CC2CN(C4)C3)c2c(n1)C1(CCCC1)CCC2. The number of nitrogens with two attached hydrogens (primary N) is 1. The molecular formula is C21H31N5. The third-order valence-electron chi connectivity index (χ3n) is 8.26. The van der Waals surface area contributed by atoms with Crippen molar-refractivity contribution in [3.63, 3.8) is 0 Å². The second-order valence-electron chi connectivity index (χ2n) is 9.84. The number of hydrogen-bond acceptors (Lipinski definition) is 5. The van der Waals surface area contributed by atoms with Gasteiger partial charge in [-0.25, -0.2) is 4.98 Å². The van der Waals surface area contributed by atoms with Crippen LogP contribution in [0.25, 0.3) is 0 Å². The summed E-state index contributed by atoms with van der Waals surface area (Å²) in [7, 11) is 0. The molecule has 5 fully saturated rings. The maximum absolute atomic E-state index is 6.21. The fourth-order valence-electron chi connectivity index (χ4n) is 7.36. The lowest BCUT2D eigenvalue weighted by atomic mass is 9.65. The molecule has 26 heavy (non-hydrogen) atoms. The van der Waals surface area contributed by atoms with E-state index in [9.17, 15) is 0 Å². The first-order valence-electron chi connectivity index (χ1n) is 10.9. The summed E-state index contributed by atoms with van der Waals surface area (Å²) in [4.78, 5) is 12.2. The Morgan fingerprint density at radius 3 is 2.42 bits per heavy atom. The molecule has 5 nitrogen and oxygen atoms in total.